The van der Waals surface area contributed by atoms with Crippen LogP contribution in [0.5, 0.6) is 0 Å². The molecule has 1 aliphatic rings. The molecule has 0 aromatic rings. The fourth-order valence-corrected chi connectivity index (χ4v) is 3.04. The Kier molecular flexibility index (Phi) is 5.07. The topological polar surface area (TPSA) is 66.5 Å². The average Bonchev–Trinajstić information content (AvgIpc) is 2.25. The van der Waals surface area contributed by atoms with Crippen LogP contribution in [0.25, 0.3) is 0 Å². The molecular weight excluding hydrogens is 252 g/mol. The number of nitrogens with one attached hydrogen (secondary N) is 1. The molecule has 1 unspecified atom stereocenters. The Hall–Kier alpha value is -1.17. The minimum Gasteiger partial charge on any atom is -0.353 e. The quantitative estimate of drug-likeness (QED) is 0.695. The normalized spacial score (nSPS) is 18.3. The van der Waals surface area contributed by atoms with Gasteiger partial charge in [-0.3, -0.25) is 13.8 Å². The summed E-state index contributed by atoms with van der Waals surface area (Å²) in [5, 5.41) is 2.76. The molecule has 6 heteroatoms. The van der Waals surface area contributed by atoms with Crippen molar-refractivity contribution < 1.29 is 13.8 Å². The van der Waals surface area contributed by atoms with Crippen LogP contribution in [0.1, 0.15) is 19.3 Å². The summed E-state index contributed by atoms with van der Waals surface area (Å²) in [5.41, 5.74) is 0. The maximum Gasteiger partial charge on any atom is 0.246 e. The molecule has 1 N–H and O–H groups in total. The number of nitrogens with zero attached hydrogens (tertiary/aromatic N) is 1. The molecule has 18 heavy (non-hydrogen) atoms. The van der Waals surface area contributed by atoms with Crippen molar-refractivity contribution in [3.63, 3.8) is 0 Å². The highest BCUT2D eigenvalue weighted by atomic mass is 32.2. The first kappa shape index (κ1) is 14.9. The van der Waals surface area contributed by atoms with Gasteiger partial charge in [-0.05, 0) is 18.9 Å². The lowest BCUT2D eigenvalue weighted by Gasteiger charge is -2.39. The van der Waals surface area contributed by atoms with Crippen LogP contribution >= 0.6 is 0 Å². The van der Waals surface area contributed by atoms with Crippen molar-refractivity contribution in [1.82, 2.24) is 10.2 Å². The summed E-state index contributed by atoms with van der Waals surface area (Å²) in [7, 11) is 0.609. The van der Waals surface area contributed by atoms with Gasteiger partial charge in [0.2, 0.25) is 11.8 Å². The Morgan fingerprint density at radius 1 is 1.50 bits per heavy atom. The Morgan fingerprint density at radius 3 is 2.50 bits per heavy atom. The Bertz CT molecular complexity index is 378. The number of carbonyl (C=O) groups excluding carboxylic acids is 2. The lowest BCUT2D eigenvalue weighted by molar-refractivity contribution is -0.131. The first-order valence-electron chi connectivity index (χ1n) is 5.89. The van der Waals surface area contributed by atoms with E-state index in [2.05, 4.69) is 11.9 Å². The summed E-state index contributed by atoms with van der Waals surface area (Å²) in [6.07, 6.45) is 5.68. The van der Waals surface area contributed by atoms with Gasteiger partial charge in [-0.15, -0.1) is 0 Å². The molecule has 0 aromatic carbocycles. The predicted octanol–water partition coefficient (Wildman–Crippen LogP) is 0.0482. The van der Waals surface area contributed by atoms with E-state index in [1.807, 2.05) is 0 Å². The molecule has 102 valence electrons. The molecule has 1 atom stereocenters. The molecule has 1 fully saturated rings. The molecule has 2 amide bonds. The summed E-state index contributed by atoms with van der Waals surface area (Å²) in [6, 6.07) is 0. The molecule has 0 heterocycles. The average molecular weight is 272 g/mol. The zero-order valence-electron chi connectivity index (χ0n) is 10.9. The third-order valence-corrected chi connectivity index (χ3v) is 5.19. The van der Waals surface area contributed by atoms with Gasteiger partial charge in [0.15, 0.2) is 0 Å². The maximum absolute atomic E-state index is 11.6. The van der Waals surface area contributed by atoms with Gasteiger partial charge in [0.05, 0.1) is 11.3 Å². The first-order valence-corrected chi connectivity index (χ1v) is 7.45. The van der Waals surface area contributed by atoms with Crippen LogP contribution in [0.4, 0.5) is 0 Å². The van der Waals surface area contributed by atoms with Gasteiger partial charge >= 0.3 is 0 Å². The van der Waals surface area contributed by atoms with Gasteiger partial charge in [0.1, 0.15) is 0 Å². The lowest BCUT2D eigenvalue weighted by Crippen LogP contribution is -2.52. The number of amides is 2. The van der Waals surface area contributed by atoms with Gasteiger partial charge in [-0.1, -0.05) is 13.0 Å². The molecule has 0 radical (unpaired) electrons. The summed E-state index contributed by atoms with van der Waals surface area (Å²) in [5.74, 6) is -0.521. The SMILES string of the molecule is C=CC(=O)N(C)CC(=O)NCC1(S(C)=O)CCC1. The Labute approximate surface area is 110 Å². The predicted molar refractivity (Wildman–Crippen MR) is 71.5 cm³/mol. The second-order valence-electron chi connectivity index (χ2n) is 4.67. The molecule has 0 spiro atoms. The minimum atomic E-state index is -0.933. The summed E-state index contributed by atoms with van der Waals surface area (Å²) < 4.78 is 11.4. The molecule has 0 saturated heterocycles. The van der Waals surface area contributed by atoms with Crippen LogP contribution in [-0.2, 0) is 20.4 Å². The zero-order chi connectivity index (χ0) is 13.8. The standard InChI is InChI=1S/C12H20N2O3S/c1-4-11(16)14(2)8-10(15)13-9-12(18(3)17)6-5-7-12/h4H,1,5-9H2,2-3H3,(H,13,15). The summed E-state index contributed by atoms with van der Waals surface area (Å²) in [4.78, 5) is 24.1. The van der Waals surface area contributed by atoms with E-state index in [1.165, 1.54) is 11.0 Å². The van der Waals surface area contributed by atoms with Crippen LogP contribution < -0.4 is 5.32 Å². The van der Waals surface area contributed by atoms with Gasteiger partial charge in [-0.25, -0.2) is 0 Å². The second-order valence-corrected chi connectivity index (χ2v) is 6.44. The molecule has 5 nitrogen and oxygen atoms in total. The van der Waals surface area contributed by atoms with Crippen molar-refractivity contribution in [2.75, 3.05) is 26.4 Å². The highest BCUT2D eigenvalue weighted by Crippen LogP contribution is 2.36. The van der Waals surface area contributed by atoms with E-state index in [0.717, 1.165) is 19.3 Å². The van der Waals surface area contributed by atoms with Crippen LogP contribution in [0.15, 0.2) is 12.7 Å². The number of rotatable bonds is 6. The first-order chi connectivity index (χ1) is 8.41. The fraction of sp³-hybridized carbons (Fsp3) is 0.667. The second kappa shape index (κ2) is 6.13. The number of carbonyl (C=O) groups is 2. The molecule has 1 saturated carbocycles. The van der Waals surface area contributed by atoms with Crippen molar-refractivity contribution in [3.8, 4) is 0 Å². The smallest absolute Gasteiger partial charge is 0.246 e. The maximum atomic E-state index is 11.6. The minimum absolute atomic E-state index is 0.00270. The Morgan fingerprint density at radius 2 is 2.11 bits per heavy atom. The van der Waals surface area contributed by atoms with Crippen LogP contribution in [0.2, 0.25) is 0 Å². The number of hydrogen-bond donors (Lipinski definition) is 1. The van der Waals surface area contributed by atoms with E-state index >= 15 is 0 Å². The molecule has 0 bridgehead atoms. The van der Waals surface area contributed by atoms with Gasteiger partial charge in [0, 0.05) is 30.6 Å². The van der Waals surface area contributed by atoms with E-state index < -0.39 is 10.8 Å². The third kappa shape index (κ3) is 3.41. The van der Waals surface area contributed by atoms with Gasteiger partial charge in [-0.2, -0.15) is 0 Å². The van der Waals surface area contributed by atoms with Crippen molar-refractivity contribution in [1.29, 1.82) is 0 Å². The highest BCUT2D eigenvalue weighted by Gasteiger charge is 2.41. The lowest BCUT2D eigenvalue weighted by atomic mass is 9.84. The summed E-state index contributed by atoms with van der Waals surface area (Å²) in [6.45, 7) is 3.78. The highest BCUT2D eigenvalue weighted by molar-refractivity contribution is 7.85. The van der Waals surface area contributed by atoms with Gasteiger partial charge < -0.3 is 10.2 Å². The van der Waals surface area contributed by atoms with Crippen molar-refractivity contribution in [3.05, 3.63) is 12.7 Å². The fourth-order valence-electron chi connectivity index (χ4n) is 1.90. The van der Waals surface area contributed by atoms with Crippen molar-refractivity contribution in [2.45, 2.75) is 24.0 Å². The van der Waals surface area contributed by atoms with Crippen LogP contribution in [0, 0.1) is 0 Å². The van der Waals surface area contributed by atoms with Crippen molar-refractivity contribution in [2.24, 2.45) is 0 Å². The van der Waals surface area contributed by atoms with Gasteiger partial charge in [0.25, 0.3) is 0 Å². The van der Waals surface area contributed by atoms with Crippen LogP contribution in [-0.4, -0.2) is 52.1 Å². The monoisotopic (exact) mass is 272 g/mol. The Balaban J connectivity index is 2.39. The van der Waals surface area contributed by atoms with E-state index in [4.69, 9.17) is 0 Å². The van der Waals surface area contributed by atoms with Crippen molar-refractivity contribution >= 4 is 22.6 Å². The molecule has 0 aliphatic heterocycles. The number of hydrogen-bond acceptors (Lipinski definition) is 3. The zero-order valence-corrected chi connectivity index (χ0v) is 11.7. The van der Waals surface area contributed by atoms with E-state index in [-0.39, 0.29) is 23.1 Å². The molecule has 0 aromatic heterocycles. The van der Waals surface area contributed by atoms with E-state index in [0.29, 0.717) is 6.54 Å². The molecule has 1 aliphatic carbocycles. The number of likely N-dealkylation sites (N-methyl/N-ethyl adjacent to an activating group) is 1. The van der Waals surface area contributed by atoms with E-state index in [1.54, 1.807) is 13.3 Å². The van der Waals surface area contributed by atoms with E-state index in [9.17, 15) is 13.8 Å². The third-order valence-electron chi connectivity index (χ3n) is 3.41. The molecule has 1 rings (SSSR count). The summed E-state index contributed by atoms with van der Waals surface area (Å²) >= 11 is 0. The van der Waals surface area contributed by atoms with Crippen LogP contribution in [0.3, 0.4) is 0 Å². The largest absolute Gasteiger partial charge is 0.353 e. The molecular formula is C12H20N2O3S.